The molecule has 0 unspecified atom stereocenters. The van der Waals surface area contributed by atoms with Crippen molar-refractivity contribution >= 4 is 34.9 Å². The zero-order chi connectivity index (χ0) is 24.2. The molecule has 2 aromatic heterocycles. The molecular weight excluding hydrogens is 447 g/mol. The fraction of sp³-hybridized carbons (Fsp3) is 0.0500. The van der Waals surface area contributed by atoms with Crippen molar-refractivity contribution in [3.8, 4) is 11.6 Å². The first kappa shape index (κ1) is 22.1. The molecule has 0 bridgehead atoms. The van der Waals surface area contributed by atoms with Crippen molar-refractivity contribution < 1.29 is 19.1 Å². The lowest BCUT2D eigenvalue weighted by molar-refractivity contribution is 0.249. The smallest absolute Gasteiger partial charge is 0.356 e. The van der Waals surface area contributed by atoms with Gasteiger partial charge in [0, 0.05) is 10.9 Å². The van der Waals surface area contributed by atoms with Crippen LogP contribution in [0.15, 0.2) is 64.0 Å². The molecule has 14 heteroatoms. The van der Waals surface area contributed by atoms with Gasteiger partial charge >= 0.3 is 12.1 Å². The van der Waals surface area contributed by atoms with E-state index in [2.05, 4.69) is 31.1 Å². The first-order valence-corrected chi connectivity index (χ1v) is 9.64. The maximum absolute atomic E-state index is 13.8. The molecule has 0 radical (unpaired) electrons. The van der Waals surface area contributed by atoms with Gasteiger partial charge < -0.3 is 21.1 Å². The van der Waals surface area contributed by atoms with Gasteiger partial charge in [0.25, 0.3) is 0 Å². The maximum atomic E-state index is 13.8. The fourth-order valence-corrected chi connectivity index (χ4v) is 3.27. The standard InChI is InChI=1S/C20H17FN10O3/c21-12-5-6-16-14(7-12)17(26-28-20(23)34)18(32)30(16)9-13-10-31(29-25-13)15-4-2-1-3-11(15)8-24-27-19(22)33/h1-8,10,32H,9H2,(H2,23,34)(H3,22,27,33)/b24-8-,28-26?. The highest BCUT2D eigenvalue weighted by molar-refractivity contribution is 5.95. The molecule has 4 aromatic rings. The summed E-state index contributed by atoms with van der Waals surface area (Å²) in [7, 11) is 0. The number of primary amides is 2. The molecule has 13 nitrogen and oxygen atoms in total. The minimum absolute atomic E-state index is 0.0412. The molecule has 34 heavy (non-hydrogen) atoms. The number of carbonyl (C=O) groups excluding carboxylic acids is 2. The number of hydrogen-bond acceptors (Lipinski definition) is 7. The van der Waals surface area contributed by atoms with E-state index in [1.807, 2.05) is 0 Å². The number of benzene rings is 2. The summed E-state index contributed by atoms with van der Waals surface area (Å²) in [6, 6.07) is 9.04. The highest BCUT2D eigenvalue weighted by atomic mass is 19.1. The number of hydrogen-bond donors (Lipinski definition) is 4. The molecule has 172 valence electrons. The van der Waals surface area contributed by atoms with E-state index in [1.165, 1.54) is 27.6 Å². The number of amides is 4. The topological polar surface area (TPSA) is 191 Å². The summed E-state index contributed by atoms with van der Waals surface area (Å²) in [6.07, 6.45) is 3.02. The van der Waals surface area contributed by atoms with Crippen LogP contribution in [0.4, 0.5) is 19.7 Å². The molecule has 0 aliphatic carbocycles. The SMILES string of the molecule is NC(=O)N=Nc1c(O)n(Cc2cn(-c3ccccc3/C=N\NC(N)=O)nn2)c2ccc(F)cc12. The van der Waals surface area contributed by atoms with Gasteiger partial charge in [-0.15, -0.1) is 10.2 Å². The number of hydrazone groups is 1. The zero-order valence-electron chi connectivity index (χ0n) is 17.3. The Balaban J connectivity index is 1.69. The van der Waals surface area contributed by atoms with Gasteiger partial charge in [-0.1, -0.05) is 28.5 Å². The van der Waals surface area contributed by atoms with Crippen LogP contribution in [0.5, 0.6) is 5.88 Å². The Kier molecular flexibility index (Phi) is 5.94. The predicted molar refractivity (Wildman–Crippen MR) is 118 cm³/mol. The molecule has 0 aliphatic heterocycles. The monoisotopic (exact) mass is 464 g/mol. The van der Waals surface area contributed by atoms with Crippen molar-refractivity contribution in [3.05, 3.63) is 65.7 Å². The lowest BCUT2D eigenvalue weighted by Gasteiger charge is -2.05. The second kappa shape index (κ2) is 9.15. The van der Waals surface area contributed by atoms with Gasteiger partial charge in [-0.05, 0) is 24.3 Å². The van der Waals surface area contributed by atoms with Gasteiger partial charge in [-0.25, -0.2) is 24.1 Å². The number of rotatable bonds is 6. The van der Waals surface area contributed by atoms with Gasteiger partial charge in [-0.2, -0.15) is 5.10 Å². The summed E-state index contributed by atoms with van der Waals surface area (Å²) in [5.74, 6) is -0.916. The largest absolute Gasteiger partial charge is 0.493 e. The molecule has 6 N–H and O–H groups in total. The van der Waals surface area contributed by atoms with E-state index < -0.39 is 17.9 Å². The molecule has 2 heterocycles. The third-order valence-corrected chi connectivity index (χ3v) is 4.64. The van der Waals surface area contributed by atoms with Crippen molar-refractivity contribution in [1.82, 2.24) is 25.0 Å². The van der Waals surface area contributed by atoms with E-state index in [4.69, 9.17) is 11.5 Å². The fourth-order valence-electron chi connectivity index (χ4n) is 3.27. The summed E-state index contributed by atoms with van der Waals surface area (Å²) >= 11 is 0. The van der Waals surface area contributed by atoms with Crippen LogP contribution in [-0.4, -0.2) is 42.9 Å². The van der Waals surface area contributed by atoms with Gasteiger partial charge in [0.05, 0.1) is 30.2 Å². The van der Waals surface area contributed by atoms with Crippen molar-refractivity contribution in [2.24, 2.45) is 26.8 Å². The number of fused-ring (bicyclic) bond motifs is 1. The highest BCUT2D eigenvalue weighted by Gasteiger charge is 2.19. The maximum Gasteiger partial charge on any atom is 0.356 e. The Bertz CT molecular complexity index is 1460. The van der Waals surface area contributed by atoms with E-state index in [9.17, 15) is 19.1 Å². The van der Waals surface area contributed by atoms with Crippen molar-refractivity contribution in [1.29, 1.82) is 0 Å². The number of aromatic hydroxyl groups is 1. The number of nitrogens with one attached hydrogen (secondary N) is 1. The lowest BCUT2D eigenvalue weighted by Crippen LogP contribution is -2.24. The minimum atomic E-state index is -1.06. The van der Waals surface area contributed by atoms with Crippen LogP contribution in [0.25, 0.3) is 16.6 Å². The van der Waals surface area contributed by atoms with Crippen LogP contribution in [0.1, 0.15) is 11.3 Å². The number of para-hydroxylation sites is 1. The summed E-state index contributed by atoms with van der Waals surface area (Å²) in [6.45, 7) is 0.0412. The average molecular weight is 464 g/mol. The molecule has 0 aliphatic rings. The molecule has 4 amide bonds. The molecule has 0 saturated carbocycles. The van der Waals surface area contributed by atoms with E-state index in [-0.39, 0.29) is 23.5 Å². The molecule has 2 aromatic carbocycles. The van der Waals surface area contributed by atoms with Gasteiger partial charge in [-0.3, -0.25) is 0 Å². The van der Waals surface area contributed by atoms with E-state index in [0.29, 0.717) is 22.5 Å². The Hall–Kier alpha value is -5.14. The van der Waals surface area contributed by atoms with Crippen LogP contribution in [0, 0.1) is 5.82 Å². The Labute approximate surface area is 190 Å². The number of halogens is 1. The predicted octanol–water partition coefficient (Wildman–Crippen LogP) is 2.28. The lowest BCUT2D eigenvalue weighted by atomic mass is 10.2. The molecule has 4 rings (SSSR count). The second-order valence-corrected chi connectivity index (χ2v) is 6.91. The van der Waals surface area contributed by atoms with Crippen LogP contribution in [0.2, 0.25) is 0 Å². The summed E-state index contributed by atoms with van der Waals surface area (Å²) in [4.78, 5) is 21.8. The summed E-state index contributed by atoms with van der Waals surface area (Å²) in [5.41, 5.74) is 14.1. The third kappa shape index (κ3) is 4.55. The minimum Gasteiger partial charge on any atom is -0.493 e. The molecule has 0 fully saturated rings. The van der Waals surface area contributed by atoms with Crippen molar-refractivity contribution in [2.45, 2.75) is 6.54 Å². The number of azo groups is 1. The first-order valence-electron chi connectivity index (χ1n) is 9.64. The van der Waals surface area contributed by atoms with Gasteiger partial charge in [0.2, 0.25) is 5.88 Å². The third-order valence-electron chi connectivity index (χ3n) is 4.64. The molecule has 0 atom stereocenters. The Morgan fingerprint density at radius 3 is 2.76 bits per heavy atom. The number of nitrogens with two attached hydrogens (primary N) is 2. The van der Waals surface area contributed by atoms with E-state index >= 15 is 0 Å². The van der Waals surface area contributed by atoms with Gasteiger partial charge in [0.1, 0.15) is 11.5 Å². The first-order chi connectivity index (χ1) is 16.3. The zero-order valence-corrected chi connectivity index (χ0v) is 17.3. The van der Waals surface area contributed by atoms with Gasteiger partial charge in [0.15, 0.2) is 5.69 Å². The van der Waals surface area contributed by atoms with Crippen LogP contribution < -0.4 is 16.9 Å². The Morgan fingerprint density at radius 2 is 2.00 bits per heavy atom. The van der Waals surface area contributed by atoms with E-state index in [1.54, 1.807) is 30.5 Å². The van der Waals surface area contributed by atoms with Crippen LogP contribution >= 0.6 is 0 Å². The normalized spacial score (nSPS) is 11.6. The number of aromatic nitrogens is 4. The van der Waals surface area contributed by atoms with Crippen molar-refractivity contribution in [2.75, 3.05) is 0 Å². The quantitative estimate of drug-likeness (QED) is 0.193. The summed E-state index contributed by atoms with van der Waals surface area (Å²) in [5, 5.41) is 29.8. The van der Waals surface area contributed by atoms with E-state index in [0.717, 1.165) is 6.07 Å². The number of nitrogens with zero attached hydrogens (tertiary/aromatic N) is 7. The van der Waals surface area contributed by atoms with Crippen LogP contribution in [0.3, 0.4) is 0 Å². The average Bonchev–Trinajstić information content (AvgIpc) is 3.35. The molecule has 0 spiro atoms. The molecule has 0 saturated heterocycles. The molecular formula is C20H17FN10O3. The van der Waals surface area contributed by atoms with Crippen molar-refractivity contribution in [3.63, 3.8) is 0 Å². The highest BCUT2D eigenvalue weighted by Crippen LogP contribution is 2.39. The Morgan fingerprint density at radius 1 is 1.21 bits per heavy atom. The van der Waals surface area contributed by atoms with Crippen LogP contribution in [-0.2, 0) is 6.54 Å². The number of carbonyl (C=O) groups is 2. The summed E-state index contributed by atoms with van der Waals surface area (Å²) < 4.78 is 16.7. The second-order valence-electron chi connectivity index (χ2n) is 6.91. The number of urea groups is 2.